The lowest BCUT2D eigenvalue weighted by Crippen LogP contribution is -2.37. The lowest BCUT2D eigenvalue weighted by molar-refractivity contribution is 0.0245. The van der Waals surface area contributed by atoms with Gasteiger partial charge in [0.05, 0.1) is 22.8 Å². The molecular weight excluding hydrogens is 448 g/mol. The standard InChI is InChI=1S/C23H24BCl2N3O3/c25-18-2-1-3-19(26)21(18)22-17(23(32-28-22)14-4-5-14)13-31-16-8-10-29(11-9-16)20-7-6-15(24-30)12-27-20/h1-3,6-7,12,14,16,24,30H,4-5,8-11,13H2. The summed E-state index contributed by atoms with van der Waals surface area (Å²) >= 11 is 12.9. The molecule has 1 N–H and O–H groups in total. The topological polar surface area (TPSA) is 71.6 Å². The third kappa shape index (κ3) is 4.53. The first-order valence-electron chi connectivity index (χ1n) is 11.0. The van der Waals surface area contributed by atoms with Gasteiger partial charge in [0.1, 0.15) is 17.3 Å². The summed E-state index contributed by atoms with van der Waals surface area (Å²) in [6.45, 7) is 2.18. The summed E-state index contributed by atoms with van der Waals surface area (Å²) < 4.78 is 12.1. The van der Waals surface area contributed by atoms with Crippen molar-refractivity contribution in [1.82, 2.24) is 10.1 Å². The fourth-order valence-corrected chi connectivity index (χ4v) is 4.77. The number of anilines is 1. The summed E-state index contributed by atoms with van der Waals surface area (Å²) in [5.41, 5.74) is 3.18. The molecular formula is C23H24BCl2N3O3. The van der Waals surface area contributed by atoms with Gasteiger partial charge in [-0.15, -0.1) is 0 Å². The molecule has 6 nitrogen and oxygen atoms in total. The number of halogens is 2. The number of piperidine rings is 1. The van der Waals surface area contributed by atoms with E-state index >= 15 is 0 Å². The highest BCUT2D eigenvalue weighted by Gasteiger charge is 2.34. The smallest absolute Gasteiger partial charge is 0.306 e. The lowest BCUT2D eigenvalue weighted by Gasteiger charge is -2.32. The van der Waals surface area contributed by atoms with Crippen LogP contribution in [0.25, 0.3) is 11.3 Å². The normalized spacial score (nSPS) is 17.0. The van der Waals surface area contributed by atoms with Crippen molar-refractivity contribution in [1.29, 1.82) is 0 Å². The predicted molar refractivity (Wildman–Crippen MR) is 127 cm³/mol. The van der Waals surface area contributed by atoms with E-state index < -0.39 is 0 Å². The Balaban J connectivity index is 1.27. The Bertz CT molecular complexity index is 1060. The van der Waals surface area contributed by atoms with E-state index in [0.717, 1.165) is 61.4 Å². The minimum Gasteiger partial charge on any atom is -0.449 e. The van der Waals surface area contributed by atoms with Gasteiger partial charge in [-0.05, 0) is 49.3 Å². The van der Waals surface area contributed by atoms with Crippen LogP contribution in [-0.4, -0.2) is 41.8 Å². The molecule has 5 rings (SSSR count). The van der Waals surface area contributed by atoms with Crippen LogP contribution >= 0.6 is 23.2 Å². The van der Waals surface area contributed by atoms with E-state index in [4.69, 9.17) is 32.5 Å². The molecule has 1 aliphatic carbocycles. The highest BCUT2D eigenvalue weighted by atomic mass is 35.5. The minimum absolute atomic E-state index is 0.0102. The third-order valence-corrected chi connectivity index (χ3v) is 6.82. The van der Waals surface area contributed by atoms with Crippen LogP contribution in [0.3, 0.4) is 0 Å². The molecule has 1 aromatic carbocycles. The van der Waals surface area contributed by atoms with Crippen molar-refractivity contribution in [2.24, 2.45) is 0 Å². The first kappa shape index (κ1) is 21.8. The molecule has 0 radical (unpaired) electrons. The van der Waals surface area contributed by atoms with Crippen LogP contribution in [0.15, 0.2) is 41.1 Å². The molecule has 3 heterocycles. The summed E-state index contributed by atoms with van der Waals surface area (Å²) in [5.74, 6) is 2.25. The SMILES string of the molecule is OBc1ccc(N2CCC(OCc3c(-c4c(Cl)cccc4Cl)noc3C3CC3)CC2)nc1. The predicted octanol–water partition coefficient (Wildman–Crippen LogP) is 4.08. The molecule has 0 amide bonds. The van der Waals surface area contributed by atoms with Crippen LogP contribution in [0.4, 0.5) is 5.82 Å². The van der Waals surface area contributed by atoms with Crippen molar-refractivity contribution >= 4 is 42.0 Å². The second-order valence-electron chi connectivity index (χ2n) is 8.43. The highest BCUT2D eigenvalue weighted by molar-refractivity contribution is 6.45. The number of nitrogens with zero attached hydrogens (tertiary/aromatic N) is 3. The van der Waals surface area contributed by atoms with E-state index in [9.17, 15) is 5.02 Å². The molecule has 9 heteroatoms. The first-order valence-corrected chi connectivity index (χ1v) is 11.7. The van der Waals surface area contributed by atoms with Crippen molar-refractivity contribution in [2.45, 2.75) is 44.3 Å². The van der Waals surface area contributed by atoms with Gasteiger partial charge in [0.2, 0.25) is 0 Å². The average Bonchev–Trinajstić information content (AvgIpc) is 3.58. The monoisotopic (exact) mass is 471 g/mol. The molecule has 1 saturated heterocycles. The first-order chi connectivity index (χ1) is 15.6. The Hall–Kier alpha value is -2.06. The molecule has 1 aliphatic heterocycles. The highest BCUT2D eigenvalue weighted by Crippen LogP contribution is 2.46. The van der Waals surface area contributed by atoms with Gasteiger partial charge < -0.3 is 19.2 Å². The fraction of sp³-hybridized carbons (Fsp3) is 0.391. The molecule has 0 atom stereocenters. The van der Waals surface area contributed by atoms with Crippen LogP contribution in [-0.2, 0) is 11.3 Å². The van der Waals surface area contributed by atoms with Crippen LogP contribution in [0.5, 0.6) is 0 Å². The number of benzene rings is 1. The average molecular weight is 472 g/mol. The van der Waals surface area contributed by atoms with Crippen LogP contribution in [0, 0.1) is 0 Å². The molecule has 32 heavy (non-hydrogen) atoms. The van der Waals surface area contributed by atoms with Crippen molar-refractivity contribution in [3.8, 4) is 11.3 Å². The van der Waals surface area contributed by atoms with Gasteiger partial charge in [0, 0.05) is 36.3 Å². The van der Waals surface area contributed by atoms with Crippen molar-refractivity contribution < 1.29 is 14.3 Å². The zero-order valence-electron chi connectivity index (χ0n) is 17.6. The number of hydrogen-bond acceptors (Lipinski definition) is 6. The molecule has 0 unspecified atom stereocenters. The fourth-order valence-electron chi connectivity index (χ4n) is 4.20. The van der Waals surface area contributed by atoms with Gasteiger partial charge in [0.15, 0.2) is 0 Å². The Kier molecular flexibility index (Phi) is 6.42. The molecule has 0 spiro atoms. The summed E-state index contributed by atoms with van der Waals surface area (Å²) in [6.07, 6.45) is 5.92. The van der Waals surface area contributed by atoms with Gasteiger partial charge in [-0.3, -0.25) is 0 Å². The molecule has 2 aromatic heterocycles. The Morgan fingerprint density at radius 3 is 2.47 bits per heavy atom. The quantitative estimate of drug-likeness (QED) is 0.523. The summed E-state index contributed by atoms with van der Waals surface area (Å²) in [7, 11) is 0.0102. The third-order valence-electron chi connectivity index (χ3n) is 6.19. The summed E-state index contributed by atoms with van der Waals surface area (Å²) in [6, 6.07) is 9.33. The van der Waals surface area contributed by atoms with Gasteiger partial charge in [-0.2, -0.15) is 0 Å². The Morgan fingerprint density at radius 2 is 1.84 bits per heavy atom. The maximum Gasteiger partial charge on any atom is 0.306 e. The van der Waals surface area contributed by atoms with Gasteiger partial charge in [0.25, 0.3) is 0 Å². The second kappa shape index (κ2) is 9.44. The zero-order valence-corrected chi connectivity index (χ0v) is 19.1. The Morgan fingerprint density at radius 1 is 1.09 bits per heavy atom. The number of pyridine rings is 1. The van der Waals surface area contributed by atoms with Crippen molar-refractivity contribution in [3.05, 3.63) is 57.9 Å². The minimum atomic E-state index is 0.0102. The maximum atomic E-state index is 9.20. The van der Waals surface area contributed by atoms with Gasteiger partial charge in [-0.25, -0.2) is 4.98 Å². The van der Waals surface area contributed by atoms with Crippen molar-refractivity contribution in [2.75, 3.05) is 18.0 Å². The van der Waals surface area contributed by atoms with Crippen LogP contribution < -0.4 is 10.4 Å². The van der Waals surface area contributed by atoms with Crippen LogP contribution in [0.1, 0.15) is 42.9 Å². The van der Waals surface area contributed by atoms with Gasteiger partial charge in [-0.1, -0.05) is 40.5 Å². The second-order valence-corrected chi connectivity index (χ2v) is 9.24. The number of ether oxygens (including phenoxy) is 1. The van der Waals surface area contributed by atoms with E-state index in [1.807, 2.05) is 30.3 Å². The molecule has 2 fully saturated rings. The van der Waals surface area contributed by atoms with Crippen LogP contribution in [0.2, 0.25) is 10.0 Å². The van der Waals surface area contributed by atoms with E-state index in [-0.39, 0.29) is 13.6 Å². The van der Waals surface area contributed by atoms with E-state index in [1.165, 1.54) is 0 Å². The largest absolute Gasteiger partial charge is 0.449 e. The summed E-state index contributed by atoms with van der Waals surface area (Å²) in [4.78, 5) is 6.72. The zero-order chi connectivity index (χ0) is 22.1. The Labute approximate surface area is 197 Å². The maximum absolute atomic E-state index is 9.20. The van der Waals surface area contributed by atoms with E-state index in [1.54, 1.807) is 6.20 Å². The number of rotatable bonds is 7. The lowest BCUT2D eigenvalue weighted by atomic mass is 9.91. The number of hydrogen-bond donors (Lipinski definition) is 1. The van der Waals surface area contributed by atoms with E-state index in [0.29, 0.717) is 33.8 Å². The summed E-state index contributed by atoms with van der Waals surface area (Å²) in [5, 5.41) is 14.7. The molecule has 3 aromatic rings. The molecule has 166 valence electrons. The van der Waals surface area contributed by atoms with Gasteiger partial charge >= 0.3 is 7.48 Å². The molecule has 2 aliphatic rings. The number of aromatic nitrogens is 2. The molecule has 1 saturated carbocycles. The molecule has 0 bridgehead atoms. The van der Waals surface area contributed by atoms with Crippen molar-refractivity contribution in [3.63, 3.8) is 0 Å². The van der Waals surface area contributed by atoms with E-state index in [2.05, 4.69) is 15.0 Å².